The molecule has 29 heavy (non-hydrogen) atoms. The van der Waals surface area contributed by atoms with Gasteiger partial charge in [-0.2, -0.15) is 0 Å². The van der Waals surface area contributed by atoms with Crippen molar-refractivity contribution in [3.05, 3.63) is 51.5 Å². The number of sulfonamides is 1. The third-order valence-electron chi connectivity index (χ3n) is 4.16. The standard InChI is InChI=1S/C18H16BrClN4O4S/c1-10-13(20)4-3-5-15(10)24(29(2,27)28)9-16(25)22-23-17-12-8-11(19)6-7-14(12)21-18(17)26/h3-8,21,26H,9H2,1-2H3. The number of carbonyl (C=O) groups excluding carboxylic acids is 1. The van der Waals surface area contributed by atoms with Gasteiger partial charge >= 0.3 is 0 Å². The van der Waals surface area contributed by atoms with Crippen LogP contribution in [0.2, 0.25) is 5.02 Å². The Labute approximate surface area is 180 Å². The molecule has 2 aromatic carbocycles. The lowest BCUT2D eigenvalue weighted by atomic mass is 10.2. The number of hydrogen-bond donors (Lipinski definition) is 2. The first-order valence-corrected chi connectivity index (χ1v) is 11.3. The summed E-state index contributed by atoms with van der Waals surface area (Å²) in [6, 6.07) is 9.99. The lowest BCUT2D eigenvalue weighted by Gasteiger charge is -2.22. The zero-order chi connectivity index (χ0) is 21.3. The third-order valence-corrected chi connectivity index (χ3v) is 6.19. The zero-order valence-electron chi connectivity index (χ0n) is 15.3. The molecule has 0 atom stereocenters. The van der Waals surface area contributed by atoms with E-state index in [1.807, 2.05) is 0 Å². The maximum absolute atomic E-state index is 12.4. The van der Waals surface area contributed by atoms with Crippen molar-refractivity contribution in [1.29, 1.82) is 0 Å². The summed E-state index contributed by atoms with van der Waals surface area (Å²) in [5.41, 5.74) is 1.49. The molecule has 3 rings (SSSR count). The molecule has 0 saturated carbocycles. The van der Waals surface area contributed by atoms with Crippen molar-refractivity contribution >= 4 is 65.7 Å². The number of halogens is 2. The SMILES string of the molecule is Cc1c(Cl)cccc1N(CC(=O)N=Nc1c(O)[nH]c2ccc(Br)cc12)S(C)(=O)=O. The highest BCUT2D eigenvalue weighted by Crippen LogP contribution is 2.37. The van der Waals surface area contributed by atoms with Crippen LogP contribution in [0.3, 0.4) is 0 Å². The highest BCUT2D eigenvalue weighted by molar-refractivity contribution is 9.10. The lowest BCUT2D eigenvalue weighted by Crippen LogP contribution is -2.34. The van der Waals surface area contributed by atoms with Crippen LogP contribution < -0.4 is 4.31 Å². The number of H-pyrrole nitrogens is 1. The number of nitrogens with one attached hydrogen (secondary N) is 1. The molecule has 1 heterocycles. The highest BCUT2D eigenvalue weighted by atomic mass is 79.9. The molecular weight excluding hydrogens is 484 g/mol. The summed E-state index contributed by atoms with van der Waals surface area (Å²) in [4.78, 5) is 15.1. The lowest BCUT2D eigenvalue weighted by molar-refractivity contribution is -0.116. The van der Waals surface area contributed by atoms with Gasteiger partial charge in [-0.3, -0.25) is 9.10 Å². The average Bonchev–Trinajstić information content (AvgIpc) is 2.94. The number of carbonyl (C=O) groups is 1. The topological polar surface area (TPSA) is 115 Å². The fourth-order valence-corrected chi connectivity index (χ4v) is 4.18. The van der Waals surface area contributed by atoms with Crippen molar-refractivity contribution in [3.8, 4) is 5.88 Å². The minimum absolute atomic E-state index is 0.0829. The van der Waals surface area contributed by atoms with Crippen LogP contribution in [-0.2, 0) is 14.8 Å². The first-order chi connectivity index (χ1) is 13.6. The van der Waals surface area contributed by atoms with Crippen LogP contribution in [0, 0.1) is 6.92 Å². The van der Waals surface area contributed by atoms with Crippen molar-refractivity contribution in [2.45, 2.75) is 6.92 Å². The van der Waals surface area contributed by atoms with Gasteiger partial charge in [-0.15, -0.1) is 10.2 Å². The maximum Gasteiger partial charge on any atom is 0.285 e. The van der Waals surface area contributed by atoms with E-state index in [2.05, 4.69) is 31.1 Å². The maximum atomic E-state index is 12.4. The van der Waals surface area contributed by atoms with Crippen LogP contribution in [0.15, 0.2) is 51.1 Å². The Morgan fingerprint density at radius 2 is 2.03 bits per heavy atom. The molecular formula is C18H16BrClN4O4S. The molecule has 0 unspecified atom stereocenters. The third kappa shape index (κ3) is 4.60. The zero-order valence-corrected chi connectivity index (χ0v) is 18.5. The highest BCUT2D eigenvalue weighted by Gasteiger charge is 2.23. The van der Waals surface area contributed by atoms with E-state index in [0.717, 1.165) is 15.0 Å². The first-order valence-electron chi connectivity index (χ1n) is 8.25. The number of aromatic nitrogens is 1. The molecule has 1 aromatic heterocycles. The van der Waals surface area contributed by atoms with Gasteiger partial charge in [0.1, 0.15) is 6.54 Å². The molecule has 152 valence electrons. The van der Waals surface area contributed by atoms with E-state index in [9.17, 15) is 18.3 Å². The second kappa shape index (κ2) is 8.13. The predicted octanol–water partition coefficient (Wildman–Crippen LogP) is 4.67. The van der Waals surface area contributed by atoms with Gasteiger partial charge in [0.25, 0.3) is 5.91 Å². The van der Waals surface area contributed by atoms with Crippen molar-refractivity contribution in [3.63, 3.8) is 0 Å². The van der Waals surface area contributed by atoms with Crippen LogP contribution in [0.25, 0.3) is 10.9 Å². The molecule has 0 fully saturated rings. The second-order valence-electron chi connectivity index (χ2n) is 6.26. The van der Waals surface area contributed by atoms with Gasteiger partial charge in [-0.25, -0.2) is 8.42 Å². The van der Waals surface area contributed by atoms with Crippen LogP contribution >= 0.6 is 27.5 Å². The normalized spacial score (nSPS) is 12.0. The quantitative estimate of drug-likeness (QED) is 0.496. The summed E-state index contributed by atoms with van der Waals surface area (Å²) in [5, 5.41) is 18.4. The monoisotopic (exact) mass is 498 g/mol. The predicted molar refractivity (Wildman–Crippen MR) is 116 cm³/mol. The van der Waals surface area contributed by atoms with E-state index < -0.39 is 22.5 Å². The first kappa shape index (κ1) is 21.3. The van der Waals surface area contributed by atoms with E-state index in [0.29, 0.717) is 21.5 Å². The van der Waals surface area contributed by atoms with E-state index in [1.165, 1.54) is 0 Å². The molecule has 0 aliphatic carbocycles. The number of fused-ring (bicyclic) bond motifs is 1. The summed E-state index contributed by atoms with van der Waals surface area (Å²) in [6.45, 7) is 1.10. The van der Waals surface area contributed by atoms with Crippen LogP contribution in [-0.4, -0.2) is 37.2 Å². The summed E-state index contributed by atoms with van der Waals surface area (Å²) >= 11 is 9.41. The fraction of sp³-hybridized carbons (Fsp3) is 0.167. The Morgan fingerprint density at radius 3 is 2.72 bits per heavy atom. The van der Waals surface area contributed by atoms with Crippen LogP contribution in [0.1, 0.15) is 5.56 Å². The van der Waals surface area contributed by atoms with Crippen LogP contribution in [0.4, 0.5) is 11.4 Å². The minimum atomic E-state index is -3.78. The Kier molecular flexibility index (Phi) is 5.97. The van der Waals surface area contributed by atoms with Crippen molar-refractivity contribution < 1.29 is 18.3 Å². The molecule has 1 amide bonds. The molecule has 11 heteroatoms. The summed E-state index contributed by atoms with van der Waals surface area (Å²) in [7, 11) is -3.78. The Morgan fingerprint density at radius 1 is 1.31 bits per heavy atom. The molecule has 0 saturated heterocycles. The van der Waals surface area contributed by atoms with Gasteiger partial charge in [0.2, 0.25) is 15.9 Å². The van der Waals surface area contributed by atoms with E-state index >= 15 is 0 Å². The molecule has 0 bridgehead atoms. The van der Waals surface area contributed by atoms with E-state index in [-0.39, 0.29) is 17.3 Å². The molecule has 0 aliphatic heterocycles. The van der Waals surface area contributed by atoms with Crippen molar-refractivity contribution in [1.82, 2.24) is 4.98 Å². The molecule has 0 aliphatic rings. The van der Waals surface area contributed by atoms with Crippen molar-refractivity contribution in [2.75, 3.05) is 17.1 Å². The van der Waals surface area contributed by atoms with Gasteiger partial charge in [0.05, 0.1) is 17.5 Å². The van der Waals surface area contributed by atoms with Gasteiger partial charge in [-0.1, -0.05) is 33.6 Å². The Balaban J connectivity index is 1.91. The summed E-state index contributed by atoms with van der Waals surface area (Å²) in [5.74, 6) is -1.06. The summed E-state index contributed by atoms with van der Waals surface area (Å²) in [6.07, 6.45) is 0.987. The molecule has 8 nitrogen and oxygen atoms in total. The number of aromatic amines is 1. The Bertz CT molecular complexity index is 1240. The number of benzene rings is 2. The number of rotatable bonds is 5. The van der Waals surface area contributed by atoms with E-state index in [1.54, 1.807) is 43.3 Å². The average molecular weight is 500 g/mol. The number of amides is 1. The van der Waals surface area contributed by atoms with E-state index in [4.69, 9.17) is 11.6 Å². The van der Waals surface area contributed by atoms with Gasteiger partial charge < -0.3 is 10.1 Å². The van der Waals surface area contributed by atoms with Gasteiger partial charge in [0.15, 0.2) is 5.69 Å². The molecule has 0 spiro atoms. The number of nitrogens with zero attached hydrogens (tertiary/aromatic N) is 3. The number of hydrogen-bond acceptors (Lipinski definition) is 5. The number of azo groups is 1. The summed E-state index contributed by atoms with van der Waals surface area (Å²) < 4.78 is 26.2. The van der Waals surface area contributed by atoms with Gasteiger partial charge in [-0.05, 0) is 42.8 Å². The van der Waals surface area contributed by atoms with Gasteiger partial charge in [0, 0.05) is 14.9 Å². The largest absolute Gasteiger partial charge is 0.493 e. The minimum Gasteiger partial charge on any atom is -0.493 e. The number of anilines is 1. The Hall–Kier alpha value is -2.43. The second-order valence-corrected chi connectivity index (χ2v) is 9.49. The van der Waals surface area contributed by atoms with Crippen molar-refractivity contribution in [2.24, 2.45) is 10.2 Å². The molecule has 3 aromatic rings. The molecule has 2 N–H and O–H groups in total. The number of aromatic hydroxyl groups is 1. The van der Waals surface area contributed by atoms with Crippen LogP contribution in [0.5, 0.6) is 5.88 Å². The fourth-order valence-electron chi connectivity index (χ4n) is 2.74. The smallest absolute Gasteiger partial charge is 0.285 e. The molecule has 0 radical (unpaired) electrons.